The molecule has 17 aromatic rings. The number of rotatable bonds is 8. The van der Waals surface area contributed by atoms with Crippen LogP contribution in [0.1, 0.15) is 109 Å². The monoisotopic (exact) mass is 1420 g/mol. The molecule has 4 aliphatic rings. The second-order valence-electron chi connectivity index (χ2n) is 31.9. The molecule has 0 unspecified atom stereocenters. The van der Waals surface area contributed by atoms with Crippen LogP contribution in [0, 0.1) is 0 Å². The summed E-state index contributed by atoms with van der Waals surface area (Å²) >= 11 is 0. The Morgan fingerprint density at radius 2 is 0.853 bits per heavy atom. The molecule has 0 amide bonds. The third-order valence-electron chi connectivity index (χ3n) is 22.3. The average Bonchev–Trinajstić information content (AvgIpc) is 1.32. The third kappa shape index (κ3) is 9.94. The van der Waals surface area contributed by atoms with Crippen molar-refractivity contribution >= 4 is 124 Å². The summed E-state index contributed by atoms with van der Waals surface area (Å²) in [4.78, 5) is 4.18. The fourth-order valence-electron chi connectivity index (χ4n) is 17.0. The molecule has 0 N–H and O–H groups in total. The van der Waals surface area contributed by atoms with Crippen LogP contribution >= 0.6 is 0 Å². The molecule has 0 radical (unpaired) electrons. The van der Waals surface area contributed by atoms with E-state index in [0.717, 1.165) is 49.1 Å². The van der Waals surface area contributed by atoms with E-state index >= 15 is 0 Å². The summed E-state index contributed by atoms with van der Waals surface area (Å²) in [6.07, 6.45) is 0. The summed E-state index contributed by atoms with van der Waals surface area (Å²) in [7, 11) is 0. The molecule has 0 spiro atoms. The number of nitrogens with zero attached hydrogens (tertiary/aromatic N) is 4. The summed E-state index contributed by atoms with van der Waals surface area (Å²) < 4.78 is 230. The van der Waals surface area contributed by atoms with E-state index in [0.29, 0.717) is 67.0 Å². The minimum Gasteiger partial charge on any atom is -0.456 e. The number of ether oxygens (including phenoxy) is 1. The summed E-state index contributed by atoms with van der Waals surface area (Å²) in [6, 6.07) is 47.1. The van der Waals surface area contributed by atoms with Crippen LogP contribution in [0.3, 0.4) is 0 Å². The zero-order chi connectivity index (χ0) is 92.7. The zero-order valence-electron chi connectivity index (χ0n) is 83.2. The molecule has 2 aromatic heterocycles. The molecule has 0 atom stereocenters. The number of anilines is 6. The summed E-state index contributed by atoms with van der Waals surface area (Å²) in [5.41, 5.74) is 8.54. The molecule has 520 valence electrons. The van der Waals surface area contributed by atoms with Crippen LogP contribution in [-0.4, -0.2) is 22.6 Å². The summed E-state index contributed by atoms with van der Waals surface area (Å²) in [5, 5.41) is -0.965. The van der Waals surface area contributed by atoms with E-state index < -0.39 is 190 Å². The fourth-order valence-corrected chi connectivity index (χ4v) is 17.0. The van der Waals surface area contributed by atoms with Crippen molar-refractivity contribution in [2.75, 3.05) is 9.80 Å². The molecule has 0 saturated carbocycles. The highest BCUT2D eigenvalue weighted by molar-refractivity contribution is 7.02. The highest BCUT2D eigenvalue weighted by Crippen LogP contribution is 2.56. The van der Waals surface area contributed by atoms with Gasteiger partial charge in [0.25, 0.3) is 13.4 Å². The first-order valence-corrected chi connectivity index (χ1v) is 36.8. The first kappa shape index (κ1) is 45.8. The summed E-state index contributed by atoms with van der Waals surface area (Å²) in [6.45, 7) is 16.5. The molecule has 6 heterocycles. The van der Waals surface area contributed by atoms with Crippen LogP contribution < -0.4 is 47.3 Å². The average molecular weight is 1420 g/mol. The molecule has 0 aliphatic carbocycles. The standard InChI is InChI=1S/C102H80B2N4O/c1-100(2,3)70-48-53-87(77(56-70)65-34-19-12-20-35-65)107-90-59-72(102(7,8)9)60-91-94(90)103(84-62-92-95-99(98(84)107)109-93-55-69(64-32-17-11-18-33-64)46-50-82(93)104(95)83-43-29-42-76-80-54-68(63-30-15-10-16-31-63)47-52-88(80)106(92)97(76)83)81-51-49-73(105-85-44-27-25-40-74(85)75-41-26-28-45-86(75)105)61-89(81)108(91)96-78(66-36-21-13-22-37-66)57-71(101(4,5)6)58-79(96)67-38-23-14-24-39-67/h10-62H,1-9H3/i10D,15D,16D,25D,26D,27D,28D,29D,30D,31D,40D,41D,42D,43D,44D,45D,47D,49D,51D,52D,54D,61D. The van der Waals surface area contributed by atoms with Gasteiger partial charge in [0, 0.05) is 72.2 Å². The van der Waals surface area contributed by atoms with E-state index in [-0.39, 0.29) is 66.4 Å². The molecule has 0 bridgehead atoms. The van der Waals surface area contributed by atoms with Gasteiger partial charge in [0.15, 0.2) is 0 Å². The Balaban J connectivity index is 1.03. The maximum atomic E-state index is 12.0. The van der Waals surface area contributed by atoms with Gasteiger partial charge in [-0.25, -0.2) is 0 Å². The Morgan fingerprint density at radius 3 is 1.48 bits per heavy atom. The van der Waals surface area contributed by atoms with Crippen LogP contribution in [0.5, 0.6) is 11.5 Å². The molecular weight excluding hydrogens is 1320 g/mol. The molecule has 5 nitrogen and oxygen atoms in total. The van der Waals surface area contributed by atoms with Crippen LogP contribution in [0.4, 0.5) is 34.1 Å². The minimum atomic E-state index is -1.41. The first-order valence-electron chi connectivity index (χ1n) is 47.8. The van der Waals surface area contributed by atoms with E-state index in [1.54, 1.807) is 4.57 Å². The molecule has 15 aromatic carbocycles. The fraction of sp³-hybridized carbons (Fsp3) is 0.118. The van der Waals surface area contributed by atoms with Crippen molar-refractivity contribution in [1.82, 2.24) is 9.13 Å². The number of aromatic nitrogens is 2. The SMILES string of the molecule is [2H]c1c([2H])c([2H])c(-c2c([2H])c([2H])c3c(c2[2H])c2c([2H])c([2H])c([2H])c4c2n3-c2cc3c(c5c2B4c2ccc(-c4ccccc4)cc2O5)N(c2ccc(C(C)(C)C)cc2-c2ccccc2)c2cc(C(C)(C)C)cc4c2B3c2c([2H])c([2H])c(-n3c5c([2H])c([2H])c([2H])c([2H])c5c5c([2H])c([2H])c([2H])c([2H])c53)c([2H])c2N4c2c(-c3ccccc3)cc(C(C)(C)C)cc2-c2ccccc2)c([2H])c1[2H]. The molecule has 109 heavy (non-hydrogen) atoms. The van der Waals surface area contributed by atoms with Crippen molar-refractivity contribution in [3.05, 3.63) is 338 Å². The highest BCUT2D eigenvalue weighted by Gasteiger charge is 2.51. The summed E-state index contributed by atoms with van der Waals surface area (Å²) in [5.74, 6) is 0.426. The van der Waals surface area contributed by atoms with E-state index in [4.69, 9.17) is 8.85 Å². The Labute approximate surface area is 669 Å². The molecule has 0 saturated heterocycles. The number of benzene rings is 15. The van der Waals surface area contributed by atoms with Crippen LogP contribution in [0.2, 0.25) is 0 Å². The molecular formula is C102H80B2N4O. The van der Waals surface area contributed by atoms with E-state index in [2.05, 4.69) is 110 Å². The van der Waals surface area contributed by atoms with Crippen molar-refractivity contribution < 1.29 is 34.9 Å². The second kappa shape index (κ2) is 24.0. The Bertz CT molecular complexity index is 7880. The number of hydrogen-bond donors (Lipinski definition) is 0. The smallest absolute Gasteiger partial charge is 0.256 e. The lowest BCUT2D eigenvalue weighted by Gasteiger charge is -2.48. The van der Waals surface area contributed by atoms with Crippen LogP contribution in [0.15, 0.2) is 321 Å². The predicted octanol–water partition coefficient (Wildman–Crippen LogP) is 23.1. The maximum Gasteiger partial charge on any atom is 0.256 e. The molecule has 0 fully saturated rings. The van der Waals surface area contributed by atoms with Crippen molar-refractivity contribution in [2.24, 2.45) is 0 Å². The Kier molecular flexibility index (Phi) is 10.1. The lowest BCUT2D eigenvalue weighted by Crippen LogP contribution is -2.64. The quantitative estimate of drug-likeness (QED) is 0.142. The Morgan fingerprint density at radius 1 is 0.312 bits per heavy atom. The third-order valence-corrected chi connectivity index (χ3v) is 22.3. The van der Waals surface area contributed by atoms with Crippen molar-refractivity contribution in [2.45, 2.75) is 78.6 Å². The lowest BCUT2D eigenvalue weighted by atomic mass is 9.31. The number of fused-ring (bicyclic) bond motifs is 15. The van der Waals surface area contributed by atoms with Gasteiger partial charge in [0.05, 0.1) is 63.8 Å². The van der Waals surface area contributed by atoms with Gasteiger partial charge in [-0.1, -0.05) is 299 Å². The van der Waals surface area contributed by atoms with E-state index in [9.17, 15) is 26.0 Å². The van der Waals surface area contributed by atoms with E-state index in [1.165, 1.54) is 0 Å². The van der Waals surface area contributed by atoms with Gasteiger partial charge in [-0.15, -0.1) is 0 Å². The van der Waals surface area contributed by atoms with Gasteiger partial charge in [-0.05, 0) is 189 Å². The van der Waals surface area contributed by atoms with Crippen LogP contribution in [0.25, 0.3) is 111 Å². The molecule has 4 aliphatic heterocycles. The topological polar surface area (TPSA) is 25.6 Å². The van der Waals surface area contributed by atoms with Gasteiger partial charge >= 0.3 is 0 Å². The van der Waals surface area contributed by atoms with Gasteiger partial charge in [0.2, 0.25) is 0 Å². The maximum absolute atomic E-state index is 12.0. The second-order valence-corrected chi connectivity index (χ2v) is 31.9. The lowest BCUT2D eigenvalue weighted by molar-refractivity contribution is 0.489. The van der Waals surface area contributed by atoms with Gasteiger partial charge in [-0.3, -0.25) is 0 Å². The number of para-hydroxylation sites is 3. The zero-order valence-corrected chi connectivity index (χ0v) is 61.2. The largest absolute Gasteiger partial charge is 0.456 e. The van der Waals surface area contributed by atoms with Crippen molar-refractivity contribution in [3.63, 3.8) is 0 Å². The van der Waals surface area contributed by atoms with Crippen LogP contribution in [-0.2, 0) is 16.2 Å². The minimum absolute atomic E-state index is 0.0211. The Hall–Kier alpha value is -12.6. The van der Waals surface area contributed by atoms with Crippen molar-refractivity contribution in [3.8, 4) is 78.5 Å². The number of hydrogen-bond acceptors (Lipinski definition) is 3. The first-order chi connectivity index (χ1) is 62.2. The molecule has 7 heteroatoms. The van der Waals surface area contributed by atoms with Gasteiger partial charge in [0.1, 0.15) is 11.5 Å². The predicted molar refractivity (Wildman–Crippen MR) is 464 cm³/mol. The molecule has 21 rings (SSSR count). The van der Waals surface area contributed by atoms with Gasteiger partial charge < -0.3 is 23.7 Å². The highest BCUT2D eigenvalue weighted by atomic mass is 16.5. The van der Waals surface area contributed by atoms with E-state index in [1.807, 2.05) is 150 Å². The normalized spacial score (nSPS) is 16.2. The van der Waals surface area contributed by atoms with Crippen molar-refractivity contribution in [1.29, 1.82) is 0 Å². The van der Waals surface area contributed by atoms with Gasteiger partial charge in [-0.2, -0.15) is 0 Å².